The van der Waals surface area contributed by atoms with E-state index in [1.54, 1.807) is 18.3 Å². The summed E-state index contributed by atoms with van der Waals surface area (Å²) in [4.78, 5) is 26.8. The first kappa shape index (κ1) is 18.2. The molecule has 29 heavy (non-hydrogen) atoms. The van der Waals surface area contributed by atoms with Crippen LogP contribution in [0.1, 0.15) is 10.4 Å². The Morgan fingerprint density at radius 3 is 2.52 bits per heavy atom. The van der Waals surface area contributed by atoms with Crippen LogP contribution in [-0.2, 0) is 0 Å². The summed E-state index contributed by atoms with van der Waals surface area (Å²) in [6.45, 7) is 0. The van der Waals surface area contributed by atoms with Crippen LogP contribution >= 0.6 is 0 Å². The molecule has 9 heteroatoms. The number of carbonyl (C=O) groups excluding carboxylic acids is 1. The average Bonchev–Trinajstić information content (AvgIpc) is 3.13. The van der Waals surface area contributed by atoms with E-state index in [1.807, 2.05) is 0 Å². The third kappa shape index (κ3) is 3.65. The molecule has 0 unspecified atom stereocenters. The van der Waals surface area contributed by atoms with Gasteiger partial charge in [0.25, 0.3) is 5.69 Å². The van der Waals surface area contributed by atoms with E-state index in [0.717, 1.165) is 18.2 Å². The predicted molar refractivity (Wildman–Crippen MR) is 98.6 cm³/mol. The van der Waals surface area contributed by atoms with Crippen LogP contribution in [0.4, 0.5) is 14.5 Å². The minimum atomic E-state index is -1.02. The Balaban J connectivity index is 1.56. The van der Waals surface area contributed by atoms with Crippen LogP contribution in [0.5, 0.6) is 5.75 Å². The number of nitrogens with zero attached hydrogens (tertiary/aromatic N) is 3. The van der Waals surface area contributed by atoms with Crippen molar-refractivity contribution in [3.8, 4) is 17.0 Å². The second-order valence-corrected chi connectivity index (χ2v) is 6.07. The van der Waals surface area contributed by atoms with Gasteiger partial charge in [-0.15, -0.1) is 0 Å². The lowest BCUT2D eigenvalue weighted by Gasteiger charge is -2.06. The minimum absolute atomic E-state index is 0.0618. The number of carbonyl (C=O) groups is 1. The summed E-state index contributed by atoms with van der Waals surface area (Å²) in [6.07, 6.45) is 2.99. The SMILES string of the molecule is O=C(Oc1ccc(-c2cn3cc([N+](=O)[O-])ccc3n2)cc1)c1cc(F)ccc1F. The zero-order valence-electron chi connectivity index (χ0n) is 14.6. The molecule has 0 saturated carbocycles. The van der Waals surface area contributed by atoms with Gasteiger partial charge in [0.05, 0.1) is 22.4 Å². The summed E-state index contributed by atoms with van der Waals surface area (Å²) >= 11 is 0. The number of pyridine rings is 1. The van der Waals surface area contributed by atoms with Gasteiger partial charge in [-0.3, -0.25) is 14.5 Å². The van der Waals surface area contributed by atoms with Crippen molar-refractivity contribution < 1.29 is 23.2 Å². The Bertz CT molecular complexity index is 1250. The van der Waals surface area contributed by atoms with Crippen molar-refractivity contribution in [3.63, 3.8) is 0 Å². The number of nitro groups is 1. The lowest BCUT2D eigenvalue weighted by atomic mass is 10.1. The highest BCUT2D eigenvalue weighted by atomic mass is 19.1. The number of benzene rings is 2. The van der Waals surface area contributed by atoms with Gasteiger partial charge in [0.2, 0.25) is 0 Å². The summed E-state index contributed by atoms with van der Waals surface area (Å²) in [6, 6.07) is 11.6. The lowest BCUT2D eigenvalue weighted by molar-refractivity contribution is -0.385. The molecule has 0 N–H and O–H groups in total. The van der Waals surface area contributed by atoms with E-state index >= 15 is 0 Å². The monoisotopic (exact) mass is 395 g/mol. The molecule has 144 valence electrons. The molecule has 0 aliphatic heterocycles. The van der Waals surface area contributed by atoms with Gasteiger partial charge in [0.1, 0.15) is 23.0 Å². The molecule has 2 heterocycles. The van der Waals surface area contributed by atoms with Crippen LogP contribution < -0.4 is 4.74 Å². The second kappa shape index (κ2) is 7.12. The summed E-state index contributed by atoms with van der Waals surface area (Å²) < 4.78 is 33.5. The Kier molecular flexibility index (Phi) is 4.47. The highest BCUT2D eigenvalue weighted by Crippen LogP contribution is 2.24. The molecule has 0 bridgehead atoms. The van der Waals surface area contributed by atoms with Crippen molar-refractivity contribution in [1.82, 2.24) is 9.38 Å². The number of imidazole rings is 1. The van der Waals surface area contributed by atoms with E-state index in [9.17, 15) is 23.7 Å². The van der Waals surface area contributed by atoms with E-state index in [-0.39, 0.29) is 11.4 Å². The summed E-state index contributed by atoms with van der Waals surface area (Å²) in [5.41, 5.74) is 1.19. The van der Waals surface area contributed by atoms with Crippen LogP contribution in [0.15, 0.2) is 67.0 Å². The molecule has 0 aliphatic rings. The maximum Gasteiger partial charge on any atom is 0.346 e. The fraction of sp³-hybridized carbons (Fsp3) is 0. The fourth-order valence-electron chi connectivity index (χ4n) is 2.74. The summed E-state index contributed by atoms with van der Waals surface area (Å²) in [5.74, 6) is -2.51. The highest BCUT2D eigenvalue weighted by Gasteiger charge is 2.16. The van der Waals surface area contributed by atoms with E-state index in [2.05, 4.69) is 4.98 Å². The van der Waals surface area contributed by atoms with Gasteiger partial charge in [0, 0.05) is 17.8 Å². The largest absolute Gasteiger partial charge is 0.423 e. The van der Waals surface area contributed by atoms with Crippen LogP contribution in [0.2, 0.25) is 0 Å². The molecule has 7 nitrogen and oxygen atoms in total. The van der Waals surface area contributed by atoms with Gasteiger partial charge in [-0.1, -0.05) is 0 Å². The Morgan fingerprint density at radius 1 is 1.03 bits per heavy atom. The van der Waals surface area contributed by atoms with Crippen molar-refractivity contribution in [3.05, 3.63) is 94.3 Å². The van der Waals surface area contributed by atoms with Gasteiger partial charge in [-0.25, -0.2) is 18.6 Å². The zero-order valence-corrected chi connectivity index (χ0v) is 14.6. The van der Waals surface area contributed by atoms with Crippen LogP contribution in [0.25, 0.3) is 16.9 Å². The van der Waals surface area contributed by atoms with Gasteiger partial charge < -0.3 is 4.74 Å². The molecule has 2 aromatic heterocycles. The summed E-state index contributed by atoms with van der Waals surface area (Å²) in [7, 11) is 0. The van der Waals surface area contributed by atoms with Gasteiger partial charge >= 0.3 is 5.97 Å². The molecule has 0 radical (unpaired) electrons. The molecular formula is C20H11F2N3O4. The van der Waals surface area contributed by atoms with Gasteiger partial charge in [-0.2, -0.15) is 0 Å². The van der Waals surface area contributed by atoms with Crippen molar-refractivity contribution in [2.75, 3.05) is 0 Å². The molecule has 4 aromatic rings. The van der Waals surface area contributed by atoms with Crippen molar-refractivity contribution >= 4 is 17.3 Å². The normalized spacial score (nSPS) is 10.8. The van der Waals surface area contributed by atoms with E-state index in [4.69, 9.17) is 4.74 Å². The number of hydrogen-bond acceptors (Lipinski definition) is 5. The molecule has 0 fully saturated rings. The highest BCUT2D eigenvalue weighted by molar-refractivity contribution is 5.91. The lowest BCUT2D eigenvalue weighted by Crippen LogP contribution is -2.11. The molecule has 0 atom stereocenters. The van der Waals surface area contributed by atoms with Crippen LogP contribution in [0.3, 0.4) is 0 Å². The van der Waals surface area contributed by atoms with E-state index in [0.29, 0.717) is 16.9 Å². The standard InChI is InChI=1S/C20H11F2N3O4/c21-13-3-7-17(22)16(9-13)20(26)29-15-5-1-12(2-6-15)18-11-24-10-14(25(27)28)4-8-19(24)23-18/h1-11H. The Hall–Kier alpha value is -4.14. The van der Waals surface area contributed by atoms with Crippen LogP contribution in [0, 0.1) is 21.7 Å². The predicted octanol–water partition coefficient (Wildman–Crippen LogP) is 4.41. The minimum Gasteiger partial charge on any atom is -0.423 e. The molecule has 0 spiro atoms. The number of hydrogen-bond donors (Lipinski definition) is 0. The number of halogens is 2. The Labute approximate surface area is 162 Å². The first-order valence-electron chi connectivity index (χ1n) is 8.31. The maximum atomic E-state index is 13.7. The number of rotatable bonds is 4. The number of esters is 1. The number of fused-ring (bicyclic) bond motifs is 1. The van der Waals surface area contributed by atoms with E-state index in [1.165, 1.54) is 34.9 Å². The average molecular weight is 395 g/mol. The first-order chi connectivity index (χ1) is 13.9. The molecule has 2 aromatic carbocycles. The molecule has 0 aliphatic carbocycles. The van der Waals surface area contributed by atoms with Crippen molar-refractivity contribution in [2.45, 2.75) is 0 Å². The number of ether oxygens (including phenoxy) is 1. The third-order valence-electron chi connectivity index (χ3n) is 4.16. The third-order valence-corrected chi connectivity index (χ3v) is 4.16. The van der Waals surface area contributed by atoms with Crippen molar-refractivity contribution in [2.24, 2.45) is 0 Å². The summed E-state index contributed by atoms with van der Waals surface area (Å²) in [5, 5.41) is 10.9. The Morgan fingerprint density at radius 2 is 1.79 bits per heavy atom. The topological polar surface area (TPSA) is 86.7 Å². The smallest absolute Gasteiger partial charge is 0.346 e. The van der Waals surface area contributed by atoms with Gasteiger partial charge in [0.15, 0.2) is 0 Å². The van der Waals surface area contributed by atoms with E-state index < -0.39 is 28.1 Å². The quantitative estimate of drug-likeness (QED) is 0.221. The first-order valence-corrected chi connectivity index (χ1v) is 8.31. The second-order valence-electron chi connectivity index (χ2n) is 6.07. The fourth-order valence-corrected chi connectivity index (χ4v) is 2.74. The van der Waals surface area contributed by atoms with Crippen LogP contribution in [-0.4, -0.2) is 20.3 Å². The molecule has 0 amide bonds. The molecule has 0 saturated heterocycles. The molecular weight excluding hydrogens is 384 g/mol. The number of aromatic nitrogens is 2. The van der Waals surface area contributed by atoms with Gasteiger partial charge in [-0.05, 0) is 48.5 Å². The molecule has 4 rings (SSSR count). The van der Waals surface area contributed by atoms with Crippen molar-refractivity contribution in [1.29, 1.82) is 0 Å². The zero-order chi connectivity index (χ0) is 20.5. The maximum absolute atomic E-state index is 13.7.